The Morgan fingerprint density at radius 1 is 1.40 bits per heavy atom. The van der Waals surface area contributed by atoms with Gasteiger partial charge in [0, 0.05) is 18.3 Å². The molecule has 84 valence electrons. The standard InChI is InChI=1S/C13H22N2/c1-5-11(3)15(4)9-12-8-10(2)6-7-13(12)14/h6-8,11H,5,9,14H2,1-4H3. The first-order chi connectivity index (χ1) is 7.04. The van der Waals surface area contributed by atoms with Crippen LogP contribution < -0.4 is 5.73 Å². The van der Waals surface area contributed by atoms with Crippen molar-refractivity contribution in [1.29, 1.82) is 0 Å². The Morgan fingerprint density at radius 3 is 2.67 bits per heavy atom. The molecule has 2 heteroatoms. The van der Waals surface area contributed by atoms with Crippen molar-refractivity contribution in [3.8, 4) is 0 Å². The smallest absolute Gasteiger partial charge is 0.0359 e. The Morgan fingerprint density at radius 2 is 2.07 bits per heavy atom. The van der Waals surface area contributed by atoms with E-state index in [9.17, 15) is 0 Å². The molecular weight excluding hydrogens is 184 g/mol. The Kier molecular flexibility index (Phi) is 4.15. The third-order valence-corrected chi connectivity index (χ3v) is 3.06. The minimum atomic E-state index is 0.602. The maximum absolute atomic E-state index is 5.95. The minimum absolute atomic E-state index is 0.602. The van der Waals surface area contributed by atoms with Crippen LogP contribution in [0.2, 0.25) is 0 Å². The van der Waals surface area contributed by atoms with Crippen LogP contribution in [0.4, 0.5) is 5.69 Å². The maximum Gasteiger partial charge on any atom is 0.0359 e. The molecule has 1 rings (SSSR count). The van der Waals surface area contributed by atoms with Gasteiger partial charge in [0.05, 0.1) is 0 Å². The Bertz CT molecular complexity index is 320. The quantitative estimate of drug-likeness (QED) is 0.768. The van der Waals surface area contributed by atoms with Crippen LogP contribution in [0.5, 0.6) is 0 Å². The molecule has 0 aromatic heterocycles. The summed E-state index contributed by atoms with van der Waals surface area (Å²) in [6, 6.07) is 6.83. The summed E-state index contributed by atoms with van der Waals surface area (Å²) in [7, 11) is 2.15. The second-order valence-electron chi connectivity index (χ2n) is 4.37. The van der Waals surface area contributed by atoms with Crippen molar-refractivity contribution < 1.29 is 0 Å². The first-order valence-corrected chi connectivity index (χ1v) is 5.59. The van der Waals surface area contributed by atoms with E-state index in [4.69, 9.17) is 5.73 Å². The molecule has 1 atom stereocenters. The Hall–Kier alpha value is -1.02. The topological polar surface area (TPSA) is 29.3 Å². The van der Waals surface area contributed by atoms with Crippen molar-refractivity contribution in [2.75, 3.05) is 12.8 Å². The minimum Gasteiger partial charge on any atom is -0.398 e. The van der Waals surface area contributed by atoms with Crippen LogP contribution in [0.25, 0.3) is 0 Å². The summed E-state index contributed by atoms with van der Waals surface area (Å²) < 4.78 is 0. The summed E-state index contributed by atoms with van der Waals surface area (Å²) in [5, 5.41) is 0. The fraction of sp³-hybridized carbons (Fsp3) is 0.538. The van der Waals surface area contributed by atoms with Crippen molar-refractivity contribution in [1.82, 2.24) is 4.90 Å². The fourth-order valence-corrected chi connectivity index (χ4v) is 1.61. The van der Waals surface area contributed by atoms with Crippen LogP contribution in [0.15, 0.2) is 18.2 Å². The normalized spacial score (nSPS) is 13.1. The summed E-state index contributed by atoms with van der Waals surface area (Å²) in [5.41, 5.74) is 9.36. The Balaban J connectivity index is 2.75. The number of hydrogen-bond acceptors (Lipinski definition) is 2. The number of hydrogen-bond donors (Lipinski definition) is 1. The average Bonchev–Trinajstić information content (AvgIpc) is 2.22. The van der Waals surface area contributed by atoms with Gasteiger partial charge in [-0.15, -0.1) is 0 Å². The van der Waals surface area contributed by atoms with Gasteiger partial charge in [-0.05, 0) is 38.9 Å². The molecule has 0 aliphatic carbocycles. The molecular formula is C13H22N2. The predicted octanol–water partition coefficient (Wildman–Crippen LogP) is 2.81. The zero-order chi connectivity index (χ0) is 11.4. The fourth-order valence-electron chi connectivity index (χ4n) is 1.61. The van der Waals surface area contributed by atoms with Crippen molar-refractivity contribution >= 4 is 5.69 Å². The molecule has 0 amide bonds. The summed E-state index contributed by atoms with van der Waals surface area (Å²) in [5.74, 6) is 0. The van der Waals surface area contributed by atoms with Gasteiger partial charge >= 0.3 is 0 Å². The third-order valence-electron chi connectivity index (χ3n) is 3.06. The highest BCUT2D eigenvalue weighted by atomic mass is 15.1. The van der Waals surface area contributed by atoms with Gasteiger partial charge in [-0.2, -0.15) is 0 Å². The van der Waals surface area contributed by atoms with E-state index in [1.165, 1.54) is 17.5 Å². The SMILES string of the molecule is CCC(C)N(C)Cc1cc(C)ccc1N. The molecule has 2 N–H and O–H groups in total. The number of aryl methyl sites for hydroxylation is 1. The molecule has 0 bridgehead atoms. The zero-order valence-electron chi connectivity index (χ0n) is 10.2. The van der Waals surface area contributed by atoms with E-state index in [0.717, 1.165) is 12.2 Å². The largest absolute Gasteiger partial charge is 0.398 e. The highest BCUT2D eigenvalue weighted by Crippen LogP contribution is 2.16. The molecule has 0 saturated carbocycles. The number of nitrogens with zero attached hydrogens (tertiary/aromatic N) is 1. The second kappa shape index (κ2) is 5.17. The van der Waals surface area contributed by atoms with E-state index in [1.807, 2.05) is 6.07 Å². The van der Waals surface area contributed by atoms with Gasteiger partial charge in [0.2, 0.25) is 0 Å². The predicted molar refractivity (Wildman–Crippen MR) is 66.8 cm³/mol. The number of nitrogen functional groups attached to an aromatic ring is 1. The average molecular weight is 206 g/mol. The maximum atomic E-state index is 5.95. The van der Waals surface area contributed by atoms with E-state index in [0.29, 0.717) is 6.04 Å². The summed E-state index contributed by atoms with van der Waals surface area (Å²) >= 11 is 0. The van der Waals surface area contributed by atoms with Gasteiger partial charge in [0.25, 0.3) is 0 Å². The first kappa shape index (κ1) is 12.1. The highest BCUT2D eigenvalue weighted by molar-refractivity contribution is 5.48. The molecule has 1 aromatic carbocycles. The number of anilines is 1. The lowest BCUT2D eigenvalue weighted by Crippen LogP contribution is -2.28. The monoisotopic (exact) mass is 206 g/mol. The molecule has 1 aromatic rings. The highest BCUT2D eigenvalue weighted by Gasteiger charge is 2.09. The molecule has 0 spiro atoms. The summed E-state index contributed by atoms with van der Waals surface area (Å²) in [6.45, 7) is 7.49. The van der Waals surface area contributed by atoms with Gasteiger partial charge in [-0.1, -0.05) is 24.6 Å². The first-order valence-electron chi connectivity index (χ1n) is 5.59. The van der Waals surface area contributed by atoms with Gasteiger partial charge in [0.15, 0.2) is 0 Å². The van der Waals surface area contributed by atoms with Crippen LogP contribution >= 0.6 is 0 Å². The van der Waals surface area contributed by atoms with Crippen molar-refractivity contribution in [2.45, 2.75) is 39.8 Å². The van der Waals surface area contributed by atoms with Crippen LogP contribution in [0.3, 0.4) is 0 Å². The van der Waals surface area contributed by atoms with Gasteiger partial charge < -0.3 is 5.73 Å². The third kappa shape index (κ3) is 3.24. The van der Waals surface area contributed by atoms with Gasteiger partial charge in [-0.25, -0.2) is 0 Å². The lowest BCUT2D eigenvalue weighted by Gasteiger charge is -2.24. The van der Waals surface area contributed by atoms with Crippen LogP contribution in [-0.4, -0.2) is 18.0 Å². The molecule has 0 radical (unpaired) electrons. The van der Waals surface area contributed by atoms with Crippen molar-refractivity contribution in [3.63, 3.8) is 0 Å². The number of nitrogens with two attached hydrogens (primary N) is 1. The lowest BCUT2D eigenvalue weighted by atomic mass is 10.1. The molecule has 2 nitrogen and oxygen atoms in total. The van der Waals surface area contributed by atoms with E-state index >= 15 is 0 Å². The van der Waals surface area contributed by atoms with Crippen molar-refractivity contribution in [3.05, 3.63) is 29.3 Å². The lowest BCUT2D eigenvalue weighted by molar-refractivity contribution is 0.244. The molecule has 0 saturated heterocycles. The van der Waals surface area contributed by atoms with Crippen LogP contribution in [0, 0.1) is 6.92 Å². The van der Waals surface area contributed by atoms with Crippen LogP contribution in [-0.2, 0) is 6.54 Å². The van der Waals surface area contributed by atoms with E-state index in [-0.39, 0.29) is 0 Å². The number of rotatable bonds is 4. The molecule has 0 heterocycles. The van der Waals surface area contributed by atoms with E-state index < -0.39 is 0 Å². The molecule has 1 unspecified atom stereocenters. The molecule has 0 fully saturated rings. The van der Waals surface area contributed by atoms with Gasteiger partial charge in [-0.3, -0.25) is 4.90 Å². The van der Waals surface area contributed by atoms with Crippen LogP contribution in [0.1, 0.15) is 31.4 Å². The number of benzene rings is 1. The molecule has 0 aliphatic heterocycles. The zero-order valence-corrected chi connectivity index (χ0v) is 10.2. The second-order valence-corrected chi connectivity index (χ2v) is 4.37. The molecule has 15 heavy (non-hydrogen) atoms. The van der Waals surface area contributed by atoms with Gasteiger partial charge in [0.1, 0.15) is 0 Å². The van der Waals surface area contributed by atoms with E-state index in [1.54, 1.807) is 0 Å². The summed E-state index contributed by atoms with van der Waals surface area (Å²) in [4.78, 5) is 2.34. The Labute approximate surface area is 93.1 Å². The van der Waals surface area contributed by atoms with E-state index in [2.05, 4.69) is 44.9 Å². The summed E-state index contributed by atoms with van der Waals surface area (Å²) in [6.07, 6.45) is 1.17. The van der Waals surface area contributed by atoms with Crippen molar-refractivity contribution in [2.24, 2.45) is 0 Å². The molecule has 0 aliphatic rings.